The van der Waals surface area contributed by atoms with E-state index in [1.54, 1.807) is 19.1 Å². The first-order valence-electron chi connectivity index (χ1n) is 10.2. The molecule has 0 aliphatic rings. The Morgan fingerprint density at radius 2 is 1.87 bits per heavy atom. The monoisotopic (exact) mass is 427 g/mol. The van der Waals surface area contributed by atoms with E-state index in [2.05, 4.69) is 29.3 Å². The van der Waals surface area contributed by atoms with Crippen LogP contribution in [-0.2, 0) is 9.53 Å². The molecule has 8 heteroatoms. The Labute approximate surface area is 180 Å². The Kier molecular flexibility index (Phi) is 6.99. The van der Waals surface area contributed by atoms with Crippen molar-refractivity contribution in [3.8, 4) is 11.3 Å². The van der Waals surface area contributed by atoms with Crippen molar-refractivity contribution in [2.45, 2.75) is 46.6 Å². The molecule has 0 bridgehead atoms. The van der Waals surface area contributed by atoms with Crippen molar-refractivity contribution in [1.82, 2.24) is 15.5 Å². The molecule has 2 aromatic heterocycles. The first-order valence-corrected chi connectivity index (χ1v) is 10.2. The van der Waals surface area contributed by atoms with Crippen LogP contribution in [-0.4, -0.2) is 34.7 Å². The van der Waals surface area contributed by atoms with Gasteiger partial charge in [-0.3, -0.25) is 4.79 Å². The van der Waals surface area contributed by atoms with Gasteiger partial charge in [0.15, 0.2) is 6.61 Å². The van der Waals surface area contributed by atoms with Crippen LogP contribution in [0.4, 0.5) is 4.39 Å². The van der Waals surface area contributed by atoms with Crippen molar-refractivity contribution in [2.24, 2.45) is 5.92 Å². The van der Waals surface area contributed by atoms with Gasteiger partial charge in [-0.2, -0.15) is 0 Å². The largest absolute Gasteiger partial charge is 0.452 e. The smallest absolute Gasteiger partial charge is 0.339 e. The molecule has 0 fully saturated rings. The number of carbonyl (C=O) groups is 2. The van der Waals surface area contributed by atoms with Gasteiger partial charge in [0.25, 0.3) is 11.6 Å². The lowest BCUT2D eigenvalue weighted by atomic mass is 10.0. The number of pyridine rings is 1. The third-order valence-electron chi connectivity index (χ3n) is 4.90. The number of carbonyl (C=O) groups excluding carboxylic acids is 2. The molecular formula is C23H26FN3O4. The minimum Gasteiger partial charge on any atom is -0.452 e. The molecule has 3 aromatic rings. The van der Waals surface area contributed by atoms with Gasteiger partial charge in [-0.1, -0.05) is 19.0 Å². The quantitative estimate of drug-likeness (QED) is 0.534. The van der Waals surface area contributed by atoms with E-state index in [9.17, 15) is 14.0 Å². The SMILES string of the molecule is Cc1noc2nc(-c3ccc(F)cc3)cc(C(=O)OCC(=O)NC(C)CCC(C)C)c12. The van der Waals surface area contributed by atoms with Crippen molar-refractivity contribution < 1.29 is 23.2 Å². The molecular weight excluding hydrogens is 401 g/mol. The number of benzene rings is 1. The maximum atomic E-state index is 13.3. The fourth-order valence-electron chi connectivity index (χ4n) is 3.21. The van der Waals surface area contributed by atoms with E-state index < -0.39 is 12.6 Å². The molecule has 3 rings (SSSR count). The van der Waals surface area contributed by atoms with Gasteiger partial charge < -0.3 is 14.6 Å². The lowest BCUT2D eigenvalue weighted by Gasteiger charge is -2.15. The van der Waals surface area contributed by atoms with E-state index >= 15 is 0 Å². The number of aromatic nitrogens is 2. The minimum atomic E-state index is -0.688. The zero-order valence-electron chi connectivity index (χ0n) is 18.1. The molecule has 0 aliphatic carbocycles. The average Bonchev–Trinajstić information content (AvgIpc) is 3.11. The highest BCUT2D eigenvalue weighted by atomic mass is 19.1. The number of fused-ring (bicyclic) bond motifs is 1. The zero-order valence-corrected chi connectivity index (χ0v) is 18.1. The number of rotatable bonds is 8. The summed E-state index contributed by atoms with van der Waals surface area (Å²) in [6, 6.07) is 7.23. The van der Waals surface area contributed by atoms with Gasteiger partial charge in [0.2, 0.25) is 0 Å². The van der Waals surface area contributed by atoms with E-state index in [0.717, 1.165) is 12.8 Å². The maximum Gasteiger partial charge on any atom is 0.339 e. The summed E-state index contributed by atoms with van der Waals surface area (Å²) in [5.74, 6) is -0.884. The highest BCUT2D eigenvalue weighted by Gasteiger charge is 2.21. The molecule has 7 nitrogen and oxygen atoms in total. The highest BCUT2D eigenvalue weighted by molar-refractivity contribution is 6.04. The fourth-order valence-corrected chi connectivity index (χ4v) is 3.21. The Hall–Kier alpha value is -3.29. The number of ether oxygens (including phenoxy) is 1. The van der Waals surface area contributed by atoms with Crippen molar-refractivity contribution in [2.75, 3.05) is 6.61 Å². The van der Waals surface area contributed by atoms with E-state index in [4.69, 9.17) is 9.26 Å². The maximum absolute atomic E-state index is 13.3. The standard InChI is InChI=1S/C23H26FN3O4/c1-13(2)5-6-14(3)25-20(28)12-30-23(29)18-11-19(16-7-9-17(24)10-8-16)26-22-21(18)15(4)27-31-22/h7-11,13-14H,5-6,12H2,1-4H3,(H,25,28). The molecule has 31 heavy (non-hydrogen) atoms. The number of nitrogens with zero attached hydrogens (tertiary/aromatic N) is 2. The average molecular weight is 427 g/mol. The molecule has 0 aliphatic heterocycles. The van der Waals surface area contributed by atoms with Crippen LogP contribution < -0.4 is 5.32 Å². The van der Waals surface area contributed by atoms with Gasteiger partial charge in [0.1, 0.15) is 5.82 Å². The number of aryl methyl sites for hydroxylation is 1. The Bertz CT molecular complexity index is 1080. The van der Waals surface area contributed by atoms with Gasteiger partial charge in [-0.25, -0.2) is 14.2 Å². The van der Waals surface area contributed by atoms with Gasteiger partial charge in [-0.05, 0) is 62.9 Å². The predicted octanol–water partition coefficient (Wildman–Crippen LogP) is 4.44. The van der Waals surface area contributed by atoms with E-state index in [1.807, 2.05) is 6.92 Å². The van der Waals surface area contributed by atoms with Crippen molar-refractivity contribution in [3.05, 3.63) is 47.4 Å². The van der Waals surface area contributed by atoms with Crippen molar-refractivity contribution >= 4 is 23.0 Å². The van der Waals surface area contributed by atoms with Crippen LogP contribution in [0.1, 0.15) is 49.7 Å². The van der Waals surface area contributed by atoms with Crippen molar-refractivity contribution in [3.63, 3.8) is 0 Å². The number of hydrogen-bond acceptors (Lipinski definition) is 6. The number of nitrogens with one attached hydrogen (secondary N) is 1. The lowest BCUT2D eigenvalue weighted by molar-refractivity contribution is -0.124. The van der Waals surface area contributed by atoms with Crippen LogP contribution in [0.5, 0.6) is 0 Å². The Morgan fingerprint density at radius 1 is 1.16 bits per heavy atom. The van der Waals surface area contributed by atoms with E-state index in [0.29, 0.717) is 28.3 Å². The normalized spacial score (nSPS) is 12.2. The molecule has 1 unspecified atom stereocenters. The fraction of sp³-hybridized carbons (Fsp3) is 0.391. The summed E-state index contributed by atoms with van der Waals surface area (Å²) >= 11 is 0. The van der Waals surface area contributed by atoms with Crippen molar-refractivity contribution in [1.29, 1.82) is 0 Å². The zero-order chi connectivity index (χ0) is 22.5. The van der Waals surface area contributed by atoms with Crippen LogP contribution in [0.3, 0.4) is 0 Å². The second-order valence-electron chi connectivity index (χ2n) is 8.03. The van der Waals surface area contributed by atoms with Gasteiger partial charge >= 0.3 is 5.97 Å². The minimum absolute atomic E-state index is 0.00775. The molecule has 2 heterocycles. The summed E-state index contributed by atoms with van der Waals surface area (Å²) in [7, 11) is 0. The second kappa shape index (κ2) is 9.68. The molecule has 164 valence electrons. The summed E-state index contributed by atoms with van der Waals surface area (Å²) in [5, 5.41) is 7.12. The topological polar surface area (TPSA) is 94.3 Å². The van der Waals surface area contributed by atoms with Gasteiger partial charge in [0.05, 0.1) is 22.3 Å². The number of halogens is 1. The lowest BCUT2D eigenvalue weighted by Crippen LogP contribution is -2.36. The number of amides is 1. The summed E-state index contributed by atoms with van der Waals surface area (Å²) in [6.07, 6.45) is 1.85. The number of esters is 1. The Morgan fingerprint density at radius 3 is 2.55 bits per heavy atom. The van der Waals surface area contributed by atoms with E-state index in [-0.39, 0.29) is 29.0 Å². The molecule has 1 amide bonds. The van der Waals surface area contributed by atoms with E-state index in [1.165, 1.54) is 18.2 Å². The summed E-state index contributed by atoms with van der Waals surface area (Å²) in [6.45, 7) is 7.46. The molecule has 1 aromatic carbocycles. The van der Waals surface area contributed by atoms with Gasteiger partial charge in [-0.15, -0.1) is 0 Å². The van der Waals surface area contributed by atoms with Crippen LogP contribution in [0.15, 0.2) is 34.9 Å². The van der Waals surface area contributed by atoms with Crippen LogP contribution in [0.25, 0.3) is 22.4 Å². The molecule has 1 N–H and O–H groups in total. The van der Waals surface area contributed by atoms with Crippen LogP contribution in [0, 0.1) is 18.7 Å². The van der Waals surface area contributed by atoms with Crippen LogP contribution in [0.2, 0.25) is 0 Å². The Balaban J connectivity index is 1.76. The summed E-state index contributed by atoms with van der Waals surface area (Å²) in [5.41, 5.74) is 1.83. The van der Waals surface area contributed by atoms with Crippen LogP contribution >= 0.6 is 0 Å². The first kappa shape index (κ1) is 22.4. The predicted molar refractivity (Wildman–Crippen MR) is 114 cm³/mol. The third-order valence-corrected chi connectivity index (χ3v) is 4.90. The highest BCUT2D eigenvalue weighted by Crippen LogP contribution is 2.27. The molecule has 0 saturated carbocycles. The molecule has 0 spiro atoms. The first-order chi connectivity index (χ1) is 14.7. The second-order valence-corrected chi connectivity index (χ2v) is 8.03. The summed E-state index contributed by atoms with van der Waals surface area (Å²) in [4.78, 5) is 29.3. The molecule has 0 radical (unpaired) electrons. The molecule has 1 atom stereocenters. The molecule has 0 saturated heterocycles. The summed E-state index contributed by atoms with van der Waals surface area (Å²) < 4.78 is 23.7. The number of hydrogen-bond donors (Lipinski definition) is 1. The van der Waals surface area contributed by atoms with Gasteiger partial charge in [0, 0.05) is 11.6 Å². The third kappa shape index (κ3) is 5.65.